The normalized spacial score (nSPS) is 17.8. The Kier molecular flexibility index (Phi) is 5.84. The van der Waals surface area contributed by atoms with E-state index in [2.05, 4.69) is 0 Å². The summed E-state index contributed by atoms with van der Waals surface area (Å²) in [4.78, 5) is 28.7. The number of amides is 1. The number of aryl methyl sites for hydroxylation is 3. The van der Waals surface area contributed by atoms with Crippen LogP contribution in [-0.2, 0) is 9.59 Å². The maximum absolute atomic E-state index is 13.2. The Morgan fingerprint density at radius 1 is 1.03 bits per heavy atom. The summed E-state index contributed by atoms with van der Waals surface area (Å²) in [5.41, 5.74) is 4.03. The molecule has 0 aliphatic carbocycles. The largest absolute Gasteiger partial charge is 0.507 e. The van der Waals surface area contributed by atoms with E-state index in [-0.39, 0.29) is 11.3 Å². The molecule has 1 N–H and O–H groups in total. The molecule has 2 heterocycles. The van der Waals surface area contributed by atoms with Crippen molar-refractivity contribution in [1.29, 1.82) is 0 Å². The quantitative estimate of drug-likeness (QED) is 0.292. The number of halogens is 1. The van der Waals surface area contributed by atoms with Crippen LogP contribution in [0, 0.1) is 20.8 Å². The number of carbonyl (C=O) groups excluding carboxylic acids is 2. The van der Waals surface area contributed by atoms with Gasteiger partial charge in [-0.1, -0.05) is 17.7 Å². The number of benzene rings is 2. The number of nitrogens with zero attached hydrogens (tertiary/aromatic N) is 1. The molecule has 164 valence electrons. The zero-order valence-corrected chi connectivity index (χ0v) is 19.7. The Hall–Kier alpha value is -3.09. The molecule has 1 atom stereocenters. The van der Waals surface area contributed by atoms with E-state index in [1.165, 1.54) is 29.4 Å². The van der Waals surface area contributed by atoms with Crippen LogP contribution in [0.15, 0.2) is 53.4 Å². The Balaban J connectivity index is 1.95. The predicted octanol–water partition coefficient (Wildman–Crippen LogP) is 5.96. The van der Waals surface area contributed by atoms with E-state index in [1.54, 1.807) is 12.1 Å². The van der Waals surface area contributed by atoms with Crippen molar-refractivity contribution in [3.63, 3.8) is 0 Å². The molecule has 7 heteroatoms. The maximum Gasteiger partial charge on any atom is 0.300 e. The number of methoxy groups -OCH3 is 1. The highest BCUT2D eigenvalue weighted by molar-refractivity contribution is 7.10. The van der Waals surface area contributed by atoms with Gasteiger partial charge in [0, 0.05) is 16.1 Å². The first-order chi connectivity index (χ1) is 15.2. The van der Waals surface area contributed by atoms with Crippen LogP contribution < -0.4 is 9.64 Å². The molecular formula is C25H22ClNO4S. The van der Waals surface area contributed by atoms with Crippen LogP contribution in [0.4, 0.5) is 5.69 Å². The molecule has 1 aromatic heterocycles. The molecule has 1 aliphatic rings. The summed E-state index contributed by atoms with van der Waals surface area (Å²) in [6, 6.07) is 11.6. The lowest BCUT2D eigenvalue weighted by atomic mass is 9.98. The Bertz CT molecular complexity index is 1280. The second kappa shape index (κ2) is 8.45. The van der Waals surface area contributed by atoms with E-state index in [0.717, 1.165) is 21.6 Å². The van der Waals surface area contributed by atoms with Crippen LogP contribution in [0.1, 0.15) is 33.2 Å². The number of aliphatic hydroxyl groups is 1. The molecule has 32 heavy (non-hydrogen) atoms. The van der Waals surface area contributed by atoms with Gasteiger partial charge in [0.25, 0.3) is 11.7 Å². The van der Waals surface area contributed by atoms with Crippen LogP contribution in [0.3, 0.4) is 0 Å². The minimum absolute atomic E-state index is 0.0417. The summed E-state index contributed by atoms with van der Waals surface area (Å²) in [5, 5.41) is 13.4. The van der Waals surface area contributed by atoms with Gasteiger partial charge in [-0.25, -0.2) is 0 Å². The van der Waals surface area contributed by atoms with Crippen molar-refractivity contribution in [2.45, 2.75) is 26.8 Å². The molecule has 1 fully saturated rings. The fourth-order valence-corrected chi connectivity index (χ4v) is 5.14. The minimum atomic E-state index is -0.738. The lowest BCUT2D eigenvalue weighted by Gasteiger charge is -2.25. The Labute approximate surface area is 195 Å². The second-order valence-corrected chi connectivity index (χ2v) is 9.11. The number of ketones is 1. The van der Waals surface area contributed by atoms with Gasteiger partial charge in [-0.05, 0) is 79.2 Å². The zero-order chi connectivity index (χ0) is 23.2. The zero-order valence-electron chi connectivity index (χ0n) is 18.1. The molecule has 1 unspecified atom stereocenters. The van der Waals surface area contributed by atoms with E-state index in [4.69, 9.17) is 16.3 Å². The van der Waals surface area contributed by atoms with E-state index in [0.29, 0.717) is 22.0 Å². The van der Waals surface area contributed by atoms with Crippen molar-refractivity contribution < 1.29 is 19.4 Å². The highest BCUT2D eigenvalue weighted by Gasteiger charge is 2.48. The fourth-order valence-electron chi connectivity index (χ4n) is 3.86. The van der Waals surface area contributed by atoms with Gasteiger partial charge in [-0.3, -0.25) is 14.5 Å². The van der Waals surface area contributed by atoms with Crippen molar-refractivity contribution in [3.8, 4) is 5.75 Å². The molecule has 1 saturated heterocycles. The number of ether oxygens (including phenoxy) is 1. The van der Waals surface area contributed by atoms with E-state index in [1.807, 2.05) is 50.4 Å². The number of anilines is 1. The Morgan fingerprint density at radius 2 is 1.78 bits per heavy atom. The number of hydrogen-bond acceptors (Lipinski definition) is 5. The van der Waals surface area contributed by atoms with Crippen molar-refractivity contribution in [3.05, 3.63) is 85.6 Å². The van der Waals surface area contributed by atoms with Crippen LogP contribution in [0.2, 0.25) is 5.02 Å². The monoisotopic (exact) mass is 467 g/mol. The van der Waals surface area contributed by atoms with Gasteiger partial charge in [0.1, 0.15) is 17.6 Å². The van der Waals surface area contributed by atoms with E-state index in [9.17, 15) is 14.7 Å². The highest BCUT2D eigenvalue weighted by Crippen LogP contribution is 2.45. The van der Waals surface area contributed by atoms with Crippen LogP contribution >= 0.6 is 22.9 Å². The first-order valence-electron chi connectivity index (χ1n) is 10.0. The molecular weight excluding hydrogens is 446 g/mol. The number of Topliss-reactive ketones (excluding diaryl/α,β-unsaturated/α-hetero) is 1. The van der Waals surface area contributed by atoms with Crippen molar-refractivity contribution in [2.24, 2.45) is 0 Å². The van der Waals surface area contributed by atoms with Gasteiger partial charge in [0.15, 0.2) is 0 Å². The summed E-state index contributed by atoms with van der Waals surface area (Å²) in [6.07, 6.45) is 0. The lowest BCUT2D eigenvalue weighted by Crippen LogP contribution is -2.29. The molecule has 0 bridgehead atoms. The summed E-state index contributed by atoms with van der Waals surface area (Å²) < 4.78 is 5.18. The summed E-state index contributed by atoms with van der Waals surface area (Å²) in [5.74, 6) is -1.22. The minimum Gasteiger partial charge on any atom is -0.507 e. The SMILES string of the molecule is COc1ccc(/C(O)=C2/C(=O)C(=O)N(c3ccc(C)c(C)c3)C2c2sccc2C)cc1Cl. The molecule has 2 aromatic carbocycles. The summed E-state index contributed by atoms with van der Waals surface area (Å²) in [6.45, 7) is 5.87. The molecule has 0 spiro atoms. The summed E-state index contributed by atoms with van der Waals surface area (Å²) >= 11 is 7.69. The maximum atomic E-state index is 13.2. The standard InChI is InChI=1S/C25H22ClNO4S/c1-13-5-7-17(11-15(13)3)27-21(24-14(2)9-10-32-24)20(23(29)25(27)30)22(28)16-6-8-19(31-4)18(26)12-16/h5-12,21,28H,1-4H3/b22-20-. The molecule has 0 radical (unpaired) electrons. The van der Waals surface area contributed by atoms with Crippen LogP contribution in [0.5, 0.6) is 5.75 Å². The van der Waals surface area contributed by atoms with Crippen molar-refractivity contribution >= 4 is 46.1 Å². The fraction of sp³-hybridized carbons (Fsp3) is 0.200. The lowest BCUT2D eigenvalue weighted by molar-refractivity contribution is -0.132. The first-order valence-corrected chi connectivity index (χ1v) is 11.3. The smallest absolute Gasteiger partial charge is 0.300 e. The third kappa shape index (κ3) is 3.59. The Morgan fingerprint density at radius 3 is 2.38 bits per heavy atom. The third-order valence-corrected chi connectivity index (χ3v) is 7.16. The van der Waals surface area contributed by atoms with Gasteiger partial charge in [-0.15, -0.1) is 11.3 Å². The average Bonchev–Trinajstić information content (AvgIpc) is 3.30. The molecule has 1 amide bonds. The molecule has 1 aliphatic heterocycles. The van der Waals surface area contributed by atoms with Gasteiger partial charge < -0.3 is 9.84 Å². The molecule has 0 saturated carbocycles. The van der Waals surface area contributed by atoms with Crippen LogP contribution in [0.25, 0.3) is 5.76 Å². The number of thiophene rings is 1. The van der Waals surface area contributed by atoms with Gasteiger partial charge >= 0.3 is 0 Å². The third-order valence-electron chi connectivity index (χ3n) is 5.79. The van der Waals surface area contributed by atoms with Gasteiger partial charge in [0.05, 0.1) is 17.7 Å². The molecule has 3 aromatic rings. The van der Waals surface area contributed by atoms with Crippen LogP contribution in [-0.4, -0.2) is 23.9 Å². The molecule has 5 nitrogen and oxygen atoms in total. The number of carbonyl (C=O) groups is 2. The van der Waals surface area contributed by atoms with E-state index < -0.39 is 17.7 Å². The first kappa shape index (κ1) is 22.1. The van der Waals surface area contributed by atoms with Gasteiger partial charge in [-0.2, -0.15) is 0 Å². The highest BCUT2D eigenvalue weighted by atomic mass is 35.5. The van der Waals surface area contributed by atoms with Gasteiger partial charge in [0.2, 0.25) is 0 Å². The number of rotatable bonds is 4. The van der Waals surface area contributed by atoms with Crippen molar-refractivity contribution in [1.82, 2.24) is 0 Å². The number of aliphatic hydroxyl groups excluding tert-OH is 1. The van der Waals surface area contributed by atoms with Crippen molar-refractivity contribution in [2.75, 3.05) is 12.0 Å². The summed E-state index contributed by atoms with van der Waals surface area (Å²) in [7, 11) is 1.50. The topological polar surface area (TPSA) is 66.8 Å². The second-order valence-electron chi connectivity index (χ2n) is 7.75. The van der Waals surface area contributed by atoms with E-state index >= 15 is 0 Å². The number of hydrogen-bond donors (Lipinski definition) is 1. The predicted molar refractivity (Wildman–Crippen MR) is 128 cm³/mol. The average molecular weight is 468 g/mol. The molecule has 4 rings (SSSR count).